The standard InChI is InChI=1S/C16H24N4O/c1-11(2)13(6-8-17)4-5-15-19-16(20-21-15)14-10-12(3)7-9-18-14/h7,9-11,13H,4-6,8,17H2,1-3H3. The van der Waals surface area contributed by atoms with Crippen LogP contribution >= 0.6 is 0 Å². The van der Waals surface area contributed by atoms with Crippen LogP contribution in [-0.4, -0.2) is 21.7 Å². The van der Waals surface area contributed by atoms with Crippen LogP contribution in [0.15, 0.2) is 22.9 Å². The summed E-state index contributed by atoms with van der Waals surface area (Å²) in [5, 5.41) is 4.02. The van der Waals surface area contributed by atoms with Crippen LogP contribution in [0.4, 0.5) is 0 Å². The van der Waals surface area contributed by atoms with Crippen molar-refractivity contribution >= 4 is 0 Å². The summed E-state index contributed by atoms with van der Waals surface area (Å²) in [6, 6.07) is 3.91. The molecule has 0 radical (unpaired) electrons. The third-order valence-corrected chi connectivity index (χ3v) is 3.82. The van der Waals surface area contributed by atoms with Crippen LogP contribution in [0.3, 0.4) is 0 Å². The van der Waals surface area contributed by atoms with E-state index in [-0.39, 0.29) is 0 Å². The monoisotopic (exact) mass is 288 g/mol. The number of rotatable bonds is 7. The minimum Gasteiger partial charge on any atom is -0.339 e. The Balaban J connectivity index is 2.00. The summed E-state index contributed by atoms with van der Waals surface area (Å²) < 4.78 is 5.33. The van der Waals surface area contributed by atoms with Crippen molar-refractivity contribution in [3.8, 4) is 11.5 Å². The third kappa shape index (κ3) is 4.36. The molecule has 2 N–H and O–H groups in total. The molecule has 1 unspecified atom stereocenters. The van der Waals surface area contributed by atoms with Gasteiger partial charge >= 0.3 is 0 Å². The Labute approximate surface area is 126 Å². The Morgan fingerprint density at radius 3 is 2.76 bits per heavy atom. The molecule has 0 fully saturated rings. The van der Waals surface area contributed by atoms with Crippen molar-refractivity contribution < 1.29 is 4.52 Å². The molecule has 0 aromatic carbocycles. The quantitative estimate of drug-likeness (QED) is 0.847. The van der Waals surface area contributed by atoms with Gasteiger partial charge in [-0.1, -0.05) is 19.0 Å². The van der Waals surface area contributed by atoms with E-state index in [0.29, 0.717) is 23.6 Å². The van der Waals surface area contributed by atoms with Crippen LogP contribution in [0.1, 0.15) is 38.1 Å². The third-order valence-electron chi connectivity index (χ3n) is 3.82. The van der Waals surface area contributed by atoms with Crippen LogP contribution in [0, 0.1) is 18.8 Å². The molecular formula is C16H24N4O. The van der Waals surface area contributed by atoms with Crippen molar-refractivity contribution in [2.75, 3.05) is 6.54 Å². The first-order chi connectivity index (χ1) is 10.1. The first kappa shape index (κ1) is 15.6. The highest BCUT2D eigenvalue weighted by Crippen LogP contribution is 2.21. The van der Waals surface area contributed by atoms with Crippen molar-refractivity contribution in [2.24, 2.45) is 17.6 Å². The van der Waals surface area contributed by atoms with E-state index in [4.69, 9.17) is 10.3 Å². The molecule has 5 nitrogen and oxygen atoms in total. The number of aryl methyl sites for hydroxylation is 2. The van der Waals surface area contributed by atoms with E-state index >= 15 is 0 Å². The molecule has 2 aromatic rings. The van der Waals surface area contributed by atoms with Gasteiger partial charge < -0.3 is 10.3 Å². The van der Waals surface area contributed by atoms with E-state index in [9.17, 15) is 0 Å². The molecule has 114 valence electrons. The van der Waals surface area contributed by atoms with Gasteiger partial charge in [0.2, 0.25) is 11.7 Å². The maximum absolute atomic E-state index is 5.67. The normalized spacial score (nSPS) is 12.8. The smallest absolute Gasteiger partial charge is 0.227 e. The van der Waals surface area contributed by atoms with Crippen molar-refractivity contribution in [2.45, 2.75) is 40.0 Å². The maximum atomic E-state index is 5.67. The van der Waals surface area contributed by atoms with E-state index in [2.05, 4.69) is 29.0 Å². The zero-order valence-electron chi connectivity index (χ0n) is 13.0. The lowest BCUT2D eigenvalue weighted by Gasteiger charge is -2.18. The van der Waals surface area contributed by atoms with Crippen LogP contribution in [0.25, 0.3) is 11.5 Å². The van der Waals surface area contributed by atoms with Gasteiger partial charge in [-0.3, -0.25) is 4.98 Å². The van der Waals surface area contributed by atoms with Crippen molar-refractivity contribution in [3.05, 3.63) is 29.8 Å². The van der Waals surface area contributed by atoms with Gasteiger partial charge in [0.15, 0.2) is 0 Å². The van der Waals surface area contributed by atoms with Gasteiger partial charge in [-0.2, -0.15) is 4.98 Å². The molecule has 0 saturated heterocycles. The molecule has 5 heteroatoms. The molecule has 0 bridgehead atoms. The topological polar surface area (TPSA) is 77.8 Å². The zero-order valence-corrected chi connectivity index (χ0v) is 13.0. The largest absolute Gasteiger partial charge is 0.339 e. The maximum Gasteiger partial charge on any atom is 0.227 e. The molecule has 0 aliphatic rings. The summed E-state index contributed by atoms with van der Waals surface area (Å²) in [7, 11) is 0. The lowest BCUT2D eigenvalue weighted by Crippen LogP contribution is -2.15. The van der Waals surface area contributed by atoms with Gasteiger partial charge in [0.1, 0.15) is 5.69 Å². The first-order valence-electron chi connectivity index (χ1n) is 7.56. The summed E-state index contributed by atoms with van der Waals surface area (Å²) in [6.07, 6.45) is 4.62. The van der Waals surface area contributed by atoms with Crippen molar-refractivity contribution in [1.82, 2.24) is 15.1 Å². The highest BCUT2D eigenvalue weighted by molar-refractivity contribution is 5.48. The van der Waals surface area contributed by atoms with Gasteiger partial charge in [0.25, 0.3) is 0 Å². The predicted octanol–water partition coefficient (Wildman–Crippen LogP) is 2.99. The van der Waals surface area contributed by atoms with Crippen LogP contribution in [0.5, 0.6) is 0 Å². The number of hydrogen-bond donors (Lipinski definition) is 1. The van der Waals surface area contributed by atoms with Gasteiger partial charge in [-0.05, 0) is 55.8 Å². The van der Waals surface area contributed by atoms with E-state index < -0.39 is 0 Å². The molecule has 0 saturated carbocycles. The molecule has 2 rings (SSSR count). The van der Waals surface area contributed by atoms with Crippen molar-refractivity contribution in [1.29, 1.82) is 0 Å². The minimum absolute atomic E-state index is 0.564. The van der Waals surface area contributed by atoms with E-state index in [1.165, 1.54) is 0 Å². The molecule has 21 heavy (non-hydrogen) atoms. The SMILES string of the molecule is Cc1ccnc(-c2noc(CCC(CCN)C(C)C)n2)c1. The minimum atomic E-state index is 0.564. The average Bonchev–Trinajstić information content (AvgIpc) is 2.92. The summed E-state index contributed by atoms with van der Waals surface area (Å²) >= 11 is 0. The number of hydrogen-bond acceptors (Lipinski definition) is 5. The fraction of sp³-hybridized carbons (Fsp3) is 0.562. The number of aromatic nitrogens is 3. The Morgan fingerprint density at radius 2 is 2.10 bits per heavy atom. The molecule has 1 atom stereocenters. The van der Waals surface area contributed by atoms with E-state index in [1.807, 2.05) is 19.1 Å². The van der Waals surface area contributed by atoms with Gasteiger partial charge in [0, 0.05) is 12.6 Å². The molecule has 0 spiro atoms. The fourth-order valence-electron chi connectivity index (χ4n) is 2.45. The summed E-state index contributed by atoms with van der Waals surface area (Å²) in [5.74, 6) is 2.46. The lowest BCUT2D eigenvalue weighted by molar-refractivity contribution is 0.313. The predicted molar refractivity (Wildman–Crippen MR) is 82.6 cm³/mol. The Hall–Kier alpha value is -1.75. The van der Waals surface area contributed by atoms with Crippen LogP contribution in [0.2, 0.25) is 0 Å². The van der Waals surface area contributed by atoms with Gasteiger partial charge in [0.05, 0.1) is 0 Å². The fourth-order valence-corrected chi connectivity index (χ4v) is 2.45. The van der Waals surface area contributed by atoms with E-state index in [0.717, 1.165) is 37.1 Å². The van der Waals surface area contributed by atoms with E-state index in [1.54, 1.807) is 6.20 Å². The Morgan fingerprint density at radius 1 is 1.29 bits per heavy atom. The molecular weight excluding hydrogens is 264 g/mol. The molecule has 2 aromatic heterocycles. The number of nitrogens with zero attached hydrogens (tertiary/aromatic N) is 3. The number of nitrogens with two attached hydrogens (primary N) is 1. The highest BCUT2D eigenvalue weighted by Gasteiger charge is 2.15. The summed E-state index contributed by atoms with van der Waals surface area (Å²) in [6.45, 7) is 7.21. The Bertz CT molecular complexity index is 565. The average molecular weight is 288 g/mol. The summed E-state index contributed by atoms with van der Waals surface area (Å²) in [4.78, 5) is 8.72. The molecule has 2 heterocycles. The molecule has 0 aliphatic carbocycles. The zero-order chi connectivity index (χ0) is 15.2. The van der Waals surface area contributed by atoms with Crippen molar-refractivity contribution in [3.63, 3.8) is 0 Å². The van der Waals surface area contributed by atoms with Gasteiger partial charge in [-0.15, -0.1) is 0 Å². The molecule has 0 aliphatic heterocycles. The lowest BCUT2D eigenvalue weighted by atomic mass is 9.88. The first-order valence-corrected chi connectivity index (χ1v) is 7.56. The Kier molecular flexibility index (Phi) is 5.44. The second-order valence-electron chi connectivity index (χ2n) is 5.85. The number of pyridine rings is 1. The second kappa shape index (κ2) is 7.31. The molecule has 0 amide bonds. The van der Waals surface area contributed by atoms with Gasteiger partial charge in [-0.25, -0.2) is 0 Å². The summed E-state index contributed by atoms with van der Waals surface area (Å²) in [5.41, 5.74) is 7.56. The second-order valence-corrected chi connectivity index (χ2v) is 5.85. The highest BCUT2D eigenvalue weighted by atomic mass is 16.5. The van der Waals surface area contributed by atoms with Crippen LogP contribution < -0.4 is 5.73 Å². The van der Waals surface area contributed by atoms with Crippen LogP contribution in [-0.2, 0) is 6.42 Å².